The lowest BCUT2D eigenvalue weighted by atomic mass is 10.1. The fraction of sp³-hybridized carbons (Fsp3) is 0.312. The van der Waals surface area contributed by atoms with Crippen molar-refractivity contribution in [3.63, 3.8) is 0 Å². The zero-order valence-electron chi connectivity index (χ0n) is 14.3. The van der Waals surface area contributed by atoms with Crippen LogP contribution in [0.5, 0.6) is 0 Å². The monoisotopic (exact) mass is 377 g/mol. The highest BCUT2D eigenvalue weighted by Gasteiger charge is 2.32. The Morgan fingerprint density at radius 3 is 2.26 bits per heavy atom. The molecule has 0 unspecified atom stereocenters. The SMILES string of the molecule is N=C(N)NCOC(=O)NCc1ccc(CC(=O)ON2C(=O)CCC2=O)cc1. The molecule has 3 amide bonds. The first kappa shape index (κ1) is 19.7. The summed E-state index contributed by atoms with van der Waals surface area (Å²) in [5.74, 6) is -2.08. The molecular formula is C16H19N5O6. The van der Waals surface area contributed by atoms with E-state index in [4.69, 9.17) is 20.7 Å². The van der Waals surface area contributed by atoms with Crippen LogP contribution in [0.4, 0.5) is 4.79 Å². The van der Waals surface area contributed by atoms with Gasteiger partial charge in [0.25, 0.3) is 11.8 Å². The molecule has 0 bridgehead atoms. The first-order valence-electron chi connectivity index (χ1n) is 7.98. The number of imide groups is 1. The zero-order chi connectivity index (χ0) is 19.8. The number of hydroxylamine groups is 2. The van der Waals surface area contributed by atoms with Crippen LogP contribution >= 0.6 is 0 Å². The normalized spacial score (nSPS) is 13.3. The van der Waals surface area contributed by atoms with E-state index in [0.29, 0.717) is 10.6 Å². The van der Waals surface area contributed by atoms with E-state index >= 15 is 0 Å². The van der Waals surface area contributed by atoms with Crippen LogP contribution < -0.4 is 16.4 Å². The van der Waals surface area contributed by atoms with Crippen molar-refractivity contribution < 1.29 is 28.8 Å². The van der Waals surface area contributed by atoms with Gasteiger partial charge in [-0.15, -0.1) is 5.06 Å². The molecule has 1 fully saturated rings. The van der Waals surface area contributed by atoms with Crippen molar-refractivity contribution in [2.24, 2.45) is 5.73 Å². The third-order valence-corrected chi connectivity index (χ3v) is 3.47. The maximum Gasteiger partial charge on any atom is 0.409 e. The first-order valence-corrected chi connectivity index (χ1v) is 7.98. The molecule has 0 atom stereocenters. The minimum absolute atomic E-state index is 0.0427. The summed E-state index contributed by atoms with van der Waals surface area (Å²) in [6.07, 6.45) is -0.706. The fourth-order valence-electron chi connectivity index (χ4n) is 2.14. The minimum atomic E-state index is -0.717. The van der Waals surface area contributed by atoms with Crippen LogP contribution in [0.25, 0.3) is 0 Å². The van der Waals surface area contributed by atoms with Gasteiger partial charge in [-0.2, -0.15) is 0 Å². The molecule has 0 saturated carbocycles. The van der Waals surface area contributed by atoms with Gasteiger partial charge in [0.05, 0.1) is 6.42 Å². The predicted molar refractivity (Wildman–Crippen MR) is 90.6 cm³/mol. The molecule has 1 saturated heterocycles. The number of alkyl carbamates (subject to hydrolysis) is 1. The molecule has 2 rings (SSSR count). The summed E-state index contributed by atoms with van der Waals surface area (Å²) >= 11 is 0. The van der Waals surface area contributed by atoms with Crippen molar-refractivity contribution in [2.75, 3.05) is 6.73 Å². The summed E-state index contributed by atoms with van der Waals surface area (Å²) < 4.78 is 4.73. The number of nitrogens with zero attached hydrogens (tertiary/aromatic N) is 1. The van der Waals surface area contributed by atoms with Gasteiger partial charge in [-0.05, 0) is 11.1 Å². The lowest BCUT2D eigenvalue weighted by Crippen LogP contribution is -2.35. The number of hydrogen-bond acceptors (Lipinski definition) is 7. The van der Waals surface area contributed by atoms with E-state index in [1.165, 1.54) is 0 Å². The lowest BCUT2D eigenvalue weighted by molar-refractivity contribution is -0.197. The van der Waals surface area contributed by atoms with Gasteiger partial charge in [0, 0.05) is 19.4 Å². The van der Waals surface area contributed by atoms with E-state index in [2.05, 4.69) is 10.6 Å². The Hall–Kier alpha value is -3.63. The Morgan fingerprint density at radius 2 is 1.67 bits per heavy atom. The molecule has 11 heteroatoms. The number of carbonyl (C=O) groups is 4. The third kappa shape index (κ3) is 6.30. The number of benzene rings is 1. The standard InChI is InChI=1S/C16H19N5O6/c17-15(18)20-9-26-16(25)19-8-11-3-1-10(2-4-11)7-14(24)27-21-12(22)5-6-13(21)23/h1-4H,5-9H2,(H,19,25)(H4,17,18,20). The van der Waals surface area contributed by atoms with E-state index in [-0.39, 0.29) is 38.5 Å². The molecule has 11 nitrogen and oxygen atoms in total. The molecule has 1 aromatic carbocycles. The lowest BCUT2D eigenvalue weighted by Gasteiger charge is -2.12. The molecule has 0 spiro atoms. The zero-order valence-corrected chi connectivity index (χ0v) is 14.3. The van der Waals surface area contributed by atoms with E-state index in [1.54, 1.807) is 24.3 Å². The van der Waals surface area contributed by atoms with E-state index in [9.17, 15) is 19.2 Å². The summed E-state index contributed by atoms with van der Waals surface area (Å²) in [4.78, 5) is 50.9. The van der Waals surface area contributed by atoms with Gasteiger partial charge in [-0.3, -0.25) is 15.0 Å². The van der Waals surface area contributed by atoms with Crippen LogP contribution in [0.3, 0.4) is 0 Å². The van der Waals surface area contributed by atoms with Crippen molar-refractivity contribution in [1.29, 1.82) is 5.41 Å². The molecule has 1 aromatic rings. The predicted octanol–water partition coefficient (Wildman–Crippen LogP) is -0.497. The second-order valence-corrected chi connectivity index (χ2v) is 5.56. The largest absolute Gasteiger partial charge is 0.428 e. The number of amides is 3. The maximum atomic E-state index is 11.8. The van der Waals surface area contributed by atoms with Gasteiger partial charge < -0.3 is 25.9 Å². The van der Waals surface area contributed by atoms with Crippen LogP contribution in [0.1, 0.15) is 24.0 Å². The van der Waals surface area contributed by atoms with Gasteiger partial charge in [-0.1, -0.05) is 24.3 Å². The highest BCUT2D eigenvalue weighted by molar-refractivity contribution is 6.01. The number of nitrogens with two attached hydrogens (primary N) is 1. The second-order valence-electron chi connectivity index (χ2n) is 5.56. The molecular weight excluding hydrogens is 358 g/mol. The molecule has 27 heavy (non-hydrogen) atoms. The van der Waals surface area contributed by atoms with Gasteiger partial charge >= 0.3 is 12.1 Å². The van der Waals surface area contributed by atoms with Crippen molar-refractivity contribution in [1.82, 2.24) is 15.7 Å². The Balaban J connectivity index is 1.75. The van der Waals surface area contributed by atoms with E-state index < -0.39 is 23.9 Å². The molecule has 1 aliphatic rings. The van der Waals surface area contributed by atoms with Crippen LogP contribution in [-0.4, -0.2) is 41.6 Å². The summed E-state index contributed by atoms with van der Waals surface area (Å²) in [5.41, 5.74) is 6.42. The van der Waals surface area contributed by atoms with Crippen molar-refractivity contribution in [3.8, 4) is 0 Å². The number of hydrogen-bond donors (Lipinski definition) is 4. The molecule has 0 aromatic heterocycles. The van der Waals surface area contributed by atoms with Gasteiger partial charge in [0.2, 0.25) is 0 Å². The van der Waals surface area contributed by atoms with E-state index in [0.717, 1.165) is 5.56 Å². The molecule has 5 N–H and O–H groups in total. The van der Waals surface area contributed by atoms with Crippen molar-refractivity contribution >= 4 is 29.8 Å². The number of nitrogens with one attached hydrogen (secondary N) is 3. The van der Waals surface area contributed by atoms with Crippen molar-refractivity contribution in [3.05, 3.63) is 35.4 Å². The van der Waals surface area contributed by atoms with Gasteiger partial charge in [0.15, 0.2) is 12.7 Å². The van der Waals surface area contributed by atoms with Crippen LogP contribution in [0, 0.1) is 5.41 Å². The Kier molecular flexibility index (Phi) is 6.69. The quantitative estimate of drug-likeness (QED) is 0.214. The first-order chi connectivity index (χ1) is 12.8. The highest BCUT2D eigenvalue weighted by Crippen LogP contribution is 2.13. The van der Waals surface area contributed by atoms with Gasteiger partial charge in [-0.25, -0.2) is 9.59 Å². The average molecular weight is 377 g/mol. The minimum Gasteiger partial charge on any atom is -0.428 e. The summed E-state index contributed by atoms with van der Waals surface area (Å²) in [6.45, 7) is -0.0232. The molecule has 0 aliphatic carbocycles. The van der Waals surface area contributed by atoms with Gasteiger partial charge in [0.1, 0.15) is 0 Å². The summed E-state index contributed by atoms with van der Waals surface area (Å²) in [6, 6.07) is 6.72. The van der Waals surface area contributed by atoms with Crippen LogP contribution in [-0.2, 0) is 36.9 Å². The summed E-state index contributed by atoms with van der Waals surface area (Å²) in [5, 5.41) is 12.2. The Labute approximate surface area is 154 Å². The molecule has 0 radical (unpaired) electrons. The fourth-order valence-corrected chi connectivity index (χ4v) is 2.14. The van der Waals surface area contributed by atoms with Crippen LogP contribution in [0.15, 0.2) is 24.3 Å². The number of rotatable bonds is 7. The maximum absolute atomic E-state index is 11.8. The average Bonchev–Trinajstić information content (AvgIpc) is 2.93. The smallest absolute Gasteiger partial charge is 0.409 e. The number of guanidine groups is 1. The molecule has 1 aliphatic heterocycles. The van der Waals surface area contributed by atoms with Crippen LogP contribution in [0.2, 0.25) is 0 Å². The topological polar surface area (TPSA) is 164 Å². The van der Waals surface area contributed by atoms with Crippen molar-refractivity contribution in [2.45, 2.75) is 25.8 Å². The summed E-state index contributed by atoms with van der Waals surface area (Å²) in [7, 11) is 0. The second kappa shape index (κ2) is 9.17. The highest BCUT2D eigenvalue weighted by atomic mass is 16.7. The third-order valence-electron chi connectivity index (χ3n) is 3.47. The molecule has 1 heterocycles. The Morgan fingerprint density at radius 1 is 1.07 bits per heavy atom. The molecule has 144 valence electrons. The number of carbonyl (C=O) groups excluding carboxylic acids is 4. The number of ether oxygens (including phenoxy) is 1. The van der Waals surface area contributed by atoms with E-state index in [1.807, 2.05) is 0 Å². The Bertz CT molecular complexity index is 732.